The Labute approximate surface area is 141 Å². The normalized spacial score (nSPS) is 14.8. The third-order valence-corrected chi connectivity index (χ3v) is 4.27. The number of nitrogens with zero attached hydrogens (tertiary/aromatic N) is 3. The summed E-state index contributed by atoms with van der Waals surface area (Å²) >= 11 is 0. The van der Waals surface area contributed by atoms with Crippen LogP contribution in [0.3, 0.4) is 0 Å². The van der Waals surface area contributed by atoms with Crippen molar-refractivity contribution in [1.29, 1.82) is 0 Å². The van der Waals surface area contributed by atoms with Gasteiger partial charge in [0.2, 0.25) is 0 Å². The SMILES string of the molecule is CC(C)N1CC(c2cc(CCc3ccccc3)cnn2)=C(O)C1=O. The number of aryl methyl sites for hydroxylation is 2. The second kappa shape index (κ2) is 6.83. The van der Waals surface area contributed by atoms with Gasteiger partial charge in [-0.25, -0.2) is 0 Å². The molecule has 0 atom stereocenters. The van der Waals surface area contributed by atoms with E-state index in [4.69, 9.17) is 0 Å². The second-order valence-electron chi connectivity index (χ2n) is 6.29. The minimum atomic E-state index is -0.337. The van der Waals surface area contributed by atoms with Crippen LogP contribution in [0.15, 0.2) is 48.4 Å². The third kappa shape index (κ3) is 3.30. The summed E-state index contributed by atoms with van der Waals surface area (Å²) in [5, 5.41) is 18.3. The number of aliphatic hydroxyl groups excluding tert-OH is 1. The van der Waals surface area contributed by atoms with Crippen molar-refractivity contribution in [2.75, 3.05) is 6.54 Å². The Morgan fingerprint density at radius 3 is 2.54 bits per heavy atom. The van der Waals surface area contributed by atoms with Crippen molar-refractivity contribution in [2.24, 2.45) is 0 Å². The van der Waals surface area contributed by atoms with Crippen molar-refractivity contribution in [3.8, 4) is 0 Å². The van der Waals surface area contributed by atoms with Crippen molar-refractivity contribution < 1.29 is 9.90 Å². The lowest BCUT2D eigenvalue weighted by Gasteiger charge is -2.20. The van der Waals surface area contributed by atoms with Gasteiger partial charge in [-0.1, -0.05) is 30.3 Å². The van der Waals surface area contributed by atoms with E-state index in [1.54, 1.807) is 11.1 Å². The molecular weight excluding hydrogens is 302 g/mol. The largest absolute Gasteiger partial charge is 0.503 e. The van der Waals surface area contributed by atoms with Crippen LogP contribution in [0.4, 0.5) is 0 Å². The van der Waals surface area contributed by atoms with E-state index >= 15 is 0 Å². The minimum absolute atomic E-state index is 0.0337. The average Bonchev–Trinajstić information content (AvgIpc) is 2.90. The molecule has 124 valence electrons. The number of carbonyl (C=O) groups excluding carboxylic acids is 1. The highest BCUT2D eigenvalue weighted by Gasteiger charge is 2.33. The van der Waals surface area contributed by atoms with Gasteiger partial charge in [0.1, 0.15) is 0 Å². The van der Waals surface area contributed by atoms with Crippen LogP contribution in [0.5, 0.6) is 0 Å². The van der Waals surface area contributed by atoms with Gasteiger partial charge in [0, 0.05) is 11.6 Å². The van der Waals surface area contributed by atoms with E-state index < -0.39 is 0 Å². The fraction of sp³-hybridized carbons (Fsp3) is 0.316. The number of aromatic nitrogens is 2. The average molecular weight is 323 g/mol. The van der Waals surface area contributed by atoms with Gasteiger partial charge in [-0.2, -0.15) is 10.2 Å². The van der Waals surface area contributed by atoms with Crippen LogP contribution in [-0.4, -0.2) is 38.7 Å². The predicted octanol–water partition coefficient (Wildman–Crippen LogP) is 2.78. The summed E-state index contributed by atoms with van der Waals surface area (Å²) in [5.41, 5.74) is 3.44. The molecule has 1 aromatic carbocycles. The van der Waals surface area contributed by atoms with E-state index in [1.165, 1.54) is 5.56 Å². The standard InChI is InChI=1S/C19H21N3O2/c1-13(2)22-12-16(18(23)19(22)24)17-10-15(11-20-21-17)9-8-14-6-4-3-5-7-14/h3-7,10-11,13,23H,8-9,12H2,1-2H3. The molecule has 0 spiro atoms. The van der Waals surface area contributed by atoms with E-state index in [0.717, 1.165) is 18.4 Å². The third-order valence-electron chi connectivity index (χ3n) is 4.27. The maximum atomic E-state index is 12.1. The van der Waals surface area contributed by atoms with Gasteiger partial charge in [-0.3, -0.25) is 4.79 Å². The molecule has 1 N–H and O–H groups in total. The molecule has 0 saturated carbocycles. The summed E-state index contributed by atoms with van der Waals surface area (Å²) in [4.78, 5) is 13.7. The number of hydrogen-bond donors (Lipinski definition) is 1. The topological polar surface area (TPSA) is 66.3 Å². The Morgan fingerprint density at radius 2 is 1.88 bits per heavy atom. The molecule has 0 fully saturated rings. The number of aliphatic hydroxyl groups is 1. The number of benzene rings is 1. The first kappa shape index (κ1) is 16.2. The van der Waals surface area contributed by atoms with Crippen LogP contribution in [0.2, 0.25) is 0 Å². The van der Waals surface area contributed by atoms with Crippen LogP contribution in [0.25, 0.3) is 5.57 Å². The molecule has 0 aliphatic carbocycles. The zero-order valence-electron chi connectivity index (χ0n) is 13.9. The molecular formula is C19H21N3O2. The molecule has 1 aliphatic rings. The Kier molecular flexibility index (Phi) is 4.60. The molecule has 0 saturated heterocycles. The highest BCUT2D eigenvalue weighted by Crippen LogP contribution is 2.26. The highest BCUT2D eigenvalue weighted by atomic mass is 16.3. The lowest BCUT2D eigenvalue weighted by atomic mass is 10.0. The van der Waals surface area contributed by atoms with Gasteiger partial charge in [-0.05, 0) is 43.9 Å². The zero-order chi connectivity index (χ0) is 17.1. The summed E-state index contributed by atoms with van der Waals surface area (Å²) in [6.45, 7) is 4.23. The van der Waals surface area contributed by atoms with Gasteiger partial charge in [-0.15, -0.1) is 0 Å². The maximum absolute atomic E-state index is 12.1. The summed E-state index contributed by atoms with van der Waals surface area (Å²) in [6.07, 6.45) is 3.48. The quantitative estimate of drug-likeness (QED) is 0.919. The minimum Gasteiger partial charge on any atom is -0.503 e. The van der Waals surface area contributed by atoms with E-state index in [-0.39, 0.29) is 17.7 Å². The summed E-state index contributed by atoms with van der Waals surface area (Å²) in [5.74, 6) is -0.547. The molecule has 1 aliphatic heterocycles. The number of carbonyl (C=O) groups is 1. The fourth-order valence-corrected chi connectivity index (χ4v) is 2.83. The fourth-order valence-electron chi connectivity index (χ4n) is 2.83. The first-order valence-electron chi connectivity index (χ1n) is 8.15. The van der Waals surface area contributed by atoms with E-state index in [0.29, 0.717) is 17.8 Å². The first-order chi connectivity index (χ1) is 11.6. The van der Waals surface area contributed by atoms with Crippen molar-refractivity contribution in [3.63, 3.8) is 0 Å². The van der Waals surface area contributed by atoms with E-state index in [1.807, 2.05) is 38.1 Å². The first-order valence-corrected chi connectivity index (χ1v) is 8.15. The Hall–Kier alpha value is -2.69. The van der Waals surface area contributed by atoms with Crippen molar-refractivity contribution in [3.05, 3.63) is 65.2 Å². The molecule has 1 aromatic heterocycles. The number of amides is 1. The molecule has 2 aromatic rings. The summed E-state index contributed by atoms with van der Waals surface area (Å²) in [6, 6.07) is 12.2. The second-order valence-corrected chi connectivity index (χ2v) is 6.29. The van der Waals surface area contributed by atoms with E-state index in [9.17, 15) is 9.90 Å². The summed E-state index contributed by atoms with van der Waals surface area (Å²) in [7, 11) is 0. The smallest absolute Gasteiger partial charge is 0.289 e. The Morgan fingerprint density at radius 1 is 1.17 bits per heavy atom. The van der Waals surface area contributed by atoms with Crippen LogP contribution in [-0.2, 0) is 17.6 Å². The predicted molar refractivity (Wildman–Crippen MR) is 92.3 cm³/mol. The molecule has 5 nitrogen and oxygen atoms in total. The van der Waals surface area contributed by atoms with Crippen LogP contribution in [0, 0.1) is 0 Å². The van der Waals surface area contributed by atoms with Crippen LogP contribution < -0.4 is 0 Å². The molecule has 2 heterocycles. The van der Waals surface area contributed by atoms with Gasteiger partial charge in [0.15, 0.2) is 5.76 Å². The van der Waals surface area contributed by atoms with Gasteiger partial charge in [0.05, 0.1) is 18.4 Å². The molecule has 5 heteroatoms. The molecule has 0 radical (unpaired) electrons. The lowest BCUT2D eigenvalue weighted by Crippen LogP contribution is -2.33. The zero-order valence-corrected chi connectivity index (χ0v) is 13.9. The van der Waals surface area contributed by atoms with Crippen molar-refractivity contribution in [1.82, 2.24) is 15.1 Å². The number of hydrogen-bond acceptors (Lipinski definition) is 4. The van der Waals surface area contributed by atoms with Gasteiger partial charge >= 0.3 is 0 Å². The maximum Gasteiger partial charge on any atom is 0.289 e. The van der Waals surface area contributed by atoms with Crippen molar-refractivity contribution in [2.45, 2.75) is 32.7 Å². The molecule has 3 rings (SSSR count). The van der Waals surface area contributed by atoms with Crippen LogP contribution in [0.1, 0.15) is 30.7 Å². The molecule has 0 bridgehead atoms. The van der Waals surface area contributed by atoms with Crippen LogP contribution >= 0.6 is 0 Å². The Balaban J connectivity index is 1.77. The van der Waals surface area contributed by atoms with Gasteiger partial charge in [0.25, 0.3) is 5.91 Å². The number of rotatable bonds is 5. The monoisotopic (exact) mass is 323 g/mol. The van der Waals surface area contributed by atoms with Gasteiger partial charge < -0.3 is 10.0 Å². The summed E-state index contributed by atoms with van der Waals surface area (Å²) < 4.78 is 0. The highest BCUT2D eigenvalue weighted by molar-refractivity contribution is 6.03. The molecule has 1 amide bonds. The van der Waals surface area contributed by atoms with Crippen molar-refractivity contribution >= 4 is 11.5 Å². The lowest BCUT2D eigenvalue weighted by molar-refractivity contribution is -0.129. The van der Waals surface area contributed by atoms with E-state index in [2.05, 4.69) is 22.3 Å². The Bertz CT molecular complexity index is 769. The molecule has 0 unspecified atom stereocenters. The molecule has 24 heavy (non-hydrogen) atoms.